The number of pyridine rings is 1. The van der Waals surface area contributed by atoms with Crippen LogP contribution in [-0.2, 0) is 29.2 Å². The van der Waals surface area contributed by atoms with E-state index in [1.807, 2.05) is 23.3 Å². The van der Waals surface area contributed by atoms with Crippen LogP contribution in [0.1, 0.15) is 36.5 Å². The Hall–Kier alpha value is -1.76. The highest BCUT2D eigenvalue weighted by Gasteiger charge is 2.47. The Morgan fingerprint density at radius 3 is 2.92 bits per heavy atom. The van der Waals surface area contributed by atoms with Crippen molar-refractivity contribution in [2.24, 2.45) is 0 Å². The molecule has 2 aromatic rings. The molecular formula is C20H28N4O2. The van der Waals surface area contributed by atoms with Crippen molar-refractivity contribution in [2.45, 2.75) is 58.1 Å². The Morgan fingerprint density at radius 1 is 1.27 bits per heavy atom. The maximum absolute atomic E-state index is 6.17. The molecule has 0 amide bonds. The molecule has 0 bridgehead atoms. The molecule has 26 heavy (non-hydrogen) atoms. The van der Waals surface area contributed by atoms with Crippen LogP contribution in [0, 0.1) is 6.92 Å². The van der Waals surface area contributed by atoms with Crippen molar-refractivity contribution < 1.29 is 9.47 Å². The highest BCUT2D eigenvalue weighted by atomic mass is 16.5. The molecule has 0 aromatic carbocycles. The normalized spacial score (nSPS) is 22.5. The van der Waals surface area contributed by atoms with E-state index in [-0.39, 0.29) is 11.7 Å². The summed E-state index contributed by atoms with van der Waals surface area (Å²) in [6.07, 6.45) is 10.1. The predicted molar refractivity (Wildman–Crippen MR) is 98.6 cm³/mol. The molecule has 140 valence electrons. The molecule has 1 atom stereocenters. The van der Waals surface area contributed by atoms with Crippen molar-refractivity contribution in [3.8, 4) is 0 Å². The number of likely N-dealkylation sites (tertiary alicyclic amines) is 1. The van der Waals surface area contributed by atoms with Gasteiger partial charge in [-0.1, -0.05) is 6.07 Å². The molecule has 2 aromatic heterocycles. The van der Waals surface area contributed by atoms with Crippen LogP contribution in [-0.4, -0.2) is 51.1 Å². The van der Waals surface area contributed by atoms with Gasteiger partial charge in [-0.15, -0.1) is 0 Å². The summed E-state index contributed by atoms with van der Waals surface area (Å²) in [6, 6.07) is 2.14. The molecule has 0 radical (unpaired) electrons. The van der Waals surface area contributed by atoms with E-state index in [9.17, 15) is 0 Å². The fourth-order valence-corrected chi connectivity index (χ4v) is 4.06. The van der Waals surface area contributed by atoms with Crippen molar-refractivity contribution >= 4 is 0 Å². The fraction of sp³-hybridized carbons (Fsp3) is 0.600. The maximum Gasteiger partial charge on any atom is 0.0959 e. The van der Waals surface area contributed by atoms with Gasteiger partial charge >= 0.3 is 0 Å². The van der Waals surface area contributed by atoms with Crippen molar-refractivity contribution in [1.82, 2.24) is 19.7 Å². The third-order valence-corrected chi connectivity index (χ3v) is 5.31. The number of ether oxygens (including phenoxy) is 2. The lowest BCUT2D eigenvalue weighted by Gasteiger charge is -2.53. The summed E-state index contributed by atoms with van der Waals surface area (Å²) in [6.45, 7) is 9.43. The maximum atomic E-state index is 6.17. The molecule has 1 spiro atoms. The van der Waals surface area contributed by atoms with Crippen LogP contribution >= 0.6 is 0 Å². The van der Waals surface area contributed by atoms with E-state index in [2.05, 4.69) is 41.1 Å². The Balaban J connectivity index is 1.26. The molecule has 0 aliphatic carbocycles. The average molecular weight is 356 g/mol. The van der Waals surface area contributed by atoms with Crippen molar-refractivity contribution in [1.29, 1.82) is 0 Å². The largest absolute Gasteiger partial charge is 0.373 e. The highest BCUT2D eigenvalue weighted by Crippen LogP contribution is 2.36. The SMILES string of the molecule is CCn1cc(CN2CC3(CC(OCc4cncc(C)c4)CCO3)C2)cn1. The second-order valence-corrected chi connectivity index (χ2v) is 7.68. The fourth-order valence-electron chi connectivity index (χ4n) is 4.06. The number of hydrogen-bond acceptors (Lipinski definition) is 5. The Labute approximate surface area is 155 Å². The summed E-state index contributed by atoms with van der Waals surface area (Å²) in [5.74, 6) is 0. The van der Waals surface area contributed by atoms with Crippen LogP contribution in [0.2, 0.25) is 0 Å². The van der Waals surface area contributed by atoms with E-state index >= 15 is 0 Å². The van der Waals surface area contributed by atoms with Crippen LogP contribution in [0.3, 0.4) is 0 Å². The van der Waals surface area contributed by atoms with Crippen LogP contribution in [0.4, 0.5) is 0 Å². The minimum atomic E-state index is -0.0193. The third kappa shape index (κ3) is 3.98. The molecule has 6 nitrogen and oxygen atoms in total. The van der Waals surface area contributed by atoms with Gasteiger partial charge in [-0.05, 0) is 31.4 Å². The molecule has 2 aliphatic heterocycles. The van der Waals surface area contributed by atoms with Crippen LogP contribution in [0.25, 0.3) is 0 Å². The Kier molecular flexibility index (Phi) is 5.07. The first-order chi connectivity index (χ1) is 12.6. The zero-order chi connectivity index (χ0) is 18.0. The molecule has 2 aliphatic rings. The van der Waals surface area contributed by atoms with E-state index in [0.717, 1.165) is 51.2 Å². The molecule has 4 heterocycles. The second-order valence-electron chi connectivity index (χ2n) is 7.68. The lowest BCUT2D eigenvalue weighted by Crippen LogP contribution is -2.65. The zero-order valence-corrected chi connectivity index (χ0v) is 15.7. The van der Waals surface area contributed by atoms with Gasteiger partial charge in [-0.25, -0.2) is 0 Å². The molecule has 6 heteroatoms. The lowest BCUT2D eigenvalue weighted by molar-refractivity contribution is -0.200. The summed E-state index contributed by atoms with van der Waals surface area (Å²) in [4.78, 5) is 6.68. The summed E-state index contributed by atoms with van der Waals surface area (Å²) in [5.41, 5.74) is 3.58. The molecular weight excluding hydrogens is 328 g/mol. The predicted octanol–water partition coefficient (Wildman–Crippen LogP) is 2.56. The molecule has 4 rings (SSSR count). The number of hydrogen-bond donors (Lipinski definition) is 0. The summed E-state index contributed by atoms with van der Waals surface area (Å²) < 4.78 is 14.3. The number of aryl methyl sites for hydroxylation is 2. The van der Waals surface area contributed by atoms with Gasteiger partial charge in [-0.2, -0.15) is 5.10 Å². The van der Waals surface area contributed by atoms with Gasteiger partial charge in [0.15, 0.2) is 0 Å². The van der Waals surface area contributed by atoms with Gasteiger partial charge in [0.05, 0.1) is 24.5 Å². The smallest absolute Gasteiger partial charge is 0.0959 e. The highest BCUT2D eigenvalue weighted by molar-refractivity contribution is 5.15. The van der Waals surface area contributed by atoms with E-state index < -0.39 is 0 Å². The summed E-state index contributed by atoms with van der Waals surface area (Å²) in [7, 11) is 0. The van der Waals surface area contributed by atoms with Gasteiger partial charge < -0.3 is 9.47 Å². The van der Waals surface area contributed by atoms with Gasteiger partial charge in [-0.3, -0.25) is 14.6 Å². The van der Waals surface area contributed by atoms with E-state index in [4.69, 9.17) is 9.47 Å². The molecule has 0 saturated carbocycles. The first-order valence-electron chi connectivity index (χ1n) is 9.54. The molecule has 0 N–H and O–H groups in total. The second kappa shape index (κ2) is 7.47. The number of nitrogens with zero attached hydrogens (tertiary/aromatic N) is 4. The molecule has 2 fully saturated rings. The number of aromatic nitrogens is 3. The van der Waals surface area contributed by atoms with Crippen LogP contribution in [0.5, 0.6) is 0 Å². The van der Waals surface area contributed by atoms with E-state index in [0.29, 0.717) is 6.61 Å². The van der Waals surface area contributed by atoms with Gasteiger partial charge in [0, 0.05) is 63.4 Å². The first kappa shape index (κ1) is 17.6. The monoisotopic (exact) mass is 356 g/mol. The Bertz CT molecular complexity index is 739. The first-order valence-corrected chi connectivity index (χ1v) is 9.54. The third-order valence-electron chi connectivity index (χ3n) is 5.31. The Morgan fingerprint density at radius 2 is 2.15 bits per heavy atom. The van der Waals surface area contributed by atoms with E-state index in [1.54, 1.807) is 0 Å². The van der Waals surface area contributed by atoms with Crippen LogP contribution in [0.15, 0.2) is 30.9 Å². The van der Waals surface area contributed by atoms with Crippen LogP contribution < -0.4 is 0 Å². The molecule has 1 unspecified atom stereocenters. The summed E-state index contributed by atoms with van der Waals surface area (Å²) in [5, 5.41) is 4.36. The quantitative estimate of drug-likeness (QED) is 0.796. The minimum absolute atomic E-state index is 0.0193. The van der Waals surface area contributed by atoms with Crippen molar-refractivity contribution in [3.63, 3.8) is 0 Å². The van der Waals surface area contributed by atoms with E-state index in [1.165, 1.54) is 11.1 Å². The van der Waals surface area contributed by atoms with Gasteiger partial charge in [0.25, 0.3) is 0 Å². The standard InChI is InChI=1S/C20H28N4O2/c1-3-24-12-18(10-22-24)11-23-14-20(15-23)7-19(4-5-26-20)25-13-17-6-16(2)8-21-9-17/h6,8-10,12,19H,3-5,7,11,13-15H2,1-2H3. The topological polar surface area (TPSA) is 52.4 Å². The zero-order valence-electron chi connectivity index (χ0n) is 15.7. The average Bonchev–Trinajstić information content (AvgIpc) is 3.07. The number of rotatable bonds is 6. The summed E-state index contributed by atoms with van der Waals surface area (Å²) >= 11 is 0. The minimum Gasteiger partial charge on any atom is -0.373 e. The van der Waals surface area contributed by atoms with Gasteiger partial charge in [0.1, 0.15) is 0 Å². The molecule has 2 saturated heterocycles. The van der Waals surface area contributed by atoms with Gasteiger partial charge in [0.2, 0.25) is 0 Å². The lowest BCUT2D eigenvalue weighted by atomic mass is 9.84. The van der Waals surface area contributed by atoms with Crippen molar-refractivity contribution in [2.75, 3.05) is 19.7 Å². The van der Waals surface area contributed by atoms with Crippen molar-refractivity contribution in [3.05, 3.63) is 47.5 Å².